The number of fused-ring (bicyclic) bond motifs is 12. The zero-order chi connectivity index (χ0) is 36.4. The van der Waals surface area contributed by atoms with Crippen molar-refractivity contribution in [2.45, 2.75) is 19.3 Å². The number of para-hydroxylation sites is 3. The first-order valence-electron chi connectivity index (χ1n) is 19.0. The Labute approximate surface area is 317 Å². The fraction of sp³-hybridized carbons (Fsp3) is 0.0588. The van der Waals surface area contributed by atoms with E-state index in [1.807, 2.05) is 6.07 Å². The molecule has 11 aromatic rings. The van der Waals surface area contributed by atoms with Crippen LogP contribution in [0.15, 0.2) is 170 Å². The molecule has 0 saturated heterocycles. The maximum Gasteiger partial charge on any atom is 0.162 e. The Bertz CT molecular complexity index is 3350. The summed E-state index contributed by atoms with van der Waals surface area (Å²) in [6.07, 6.45) is 0. The SMILES string of the molecule is CC1(C)c2ccccc2-c2cc3c4c5ccccc5c(-n5c6ccccc6c6ccccc65)cc4n(-c4nc(-c5ccccc5)nc5ccccc45)c3cc21. The zero-order valence-electron chi connectivity index (χ0n) is 30.5. The van der Waals surface area contributed by atoms with Gasteiger partial charge in [-0.25, -0.2) is 9.97 Å². The number of nitrogens with zero attached hydrogens (tertiary/aromatic N) is 4. The predicted octanol–water partition coefficient (Wildman–Crippen LogP) is 13.0. The fourth-order valence-electron chi connectivity index (χ4n) is 9.59. The van der Waals surface area contributed by atoms with Crippen molar-refractivity contribution >= 4 is 65.3 Å². The number of aromatic nitrogens is 4. The van der Waals surface area contributed by atoms with Gasteiger partial charge in [0, 0.05) is 43.3 Å². The molecule has 0 radical (unpaired) electrons. The first-order chi connectivity index (χ1) is 27.1. The molecule has 0 aliphatic heterocycles. The Morgan fingerprint density at radius 1 is 0.418 bits per heavy atom. The average Bonchev–Trinajstić information content (AvgIpc) is 3.82. The van der Waals surface area contributed by atoms with E-state index in [0.717, 1.165) is 39.0 Å². The minimum atomic E-state index is -0.166. The van der Waals surface area contributed by atoms with E-state index in [1.54, 1.807) is 0 Å². The van der Waals surface area contributed by atoms with E-state index < -0.39 is 0 Å². The molecule has 0 N–H and O–H groups in total. The molecule has 258 valence electrons. The van der Waals surface area contributed by atoms with Crippen molar-refractivity contribution in [1.82, 2.24) is 19.1 Å². The Morgan fingerprint density at radius 2 is 1.04 bits per heavy atom. The standard InChI is InChI=1S/C51H34N4/c1-51(2)40-24-12-8-18-32(40)38-28-39-45(29-41(38)51)55(50-37-23-9-13-25-42(37)52-49(53-50)31-16-4-3-5-17-31)47-30-46(35-21-6-7-22-36(35)48(39)47)54-43-26-14-10-19-33(43)34-20-11-15-27-44(34)54/h3-30H,1-2H3. The molecule has 4 heteroatoms. The molecule has 8 aromatic carbocycles. The molecule has 12 rings (SSSR count). The molecule has 0 spiro atoms. The summed E-state index contributed by atoms with van der Waals surface area (Å²) in [5.74, 6) is 1.59. The van der Waals surface area contributed by atoms with Gasteiger partial charge in [-0.15, -0.1) is 0 Å². The lowest BCUT2D eigenvalue weighted by molar-refractivity contribution is 0.661. The van der Waals surface area contributed by atoms with E-state index in [-0.39, 0.29) is 5.41 Å². The summed E-state index contributed by atoms with van der Waals surface area (Å²) in [6, 6.07) is 61.6. The van der Waals surface area contributed by atoms with Crippen molar-refractivity contribution in [2.24, 2.45) is 0 Å². The summed E-state index contributed by atoms with van der Waals surface area (Å²) >= 11 is 0. The van der Waals surface area contributed by atoms with Gasteiger partial charge in [0.05, 0.1) is 33.3 Å². The highest BCUT2D eigenvalue weighted by atomic mass is 15.1. The van der Waals surface area contributed by atoms with Gasteiger partial charge in [-0.1, -0.05) is 141 Å². The minimum absolute atomic E-state index is 0.166. The van der Waals surface area contributed by atoms with Crippen molar-refractivity contribution in [3.8, 4) is 34.0 Å². The second-order valence-corrected chi connectivity index (χ2v) is 15.4. The topological polar surface area (TPSA) is 35.6 Å². The van der Waals surface area contributed by atoms with Crippen molar-refractivity contribution in [3.63, 3.8) is 0 Å². The van der Waals surface area contributed by atoms with Crippen molar-refractivity contribution < 1.29 is 0 Å². The van der Waals surface area contributed by atoms with E-state index in [2.05, 4.69) is 187 Å². The van der Waals surface area contributed by atoms with Gasteiger partial charge in [-0.2, -0.15) is 0 Å². The lowest BCUT2D eigenvalue weighted by Crippen LogP contribution is -2.15. The maximum atomic E-state index is 5.50. The third-order valence-corrected chi connectivity index (χ3v) is 12.1. The lowest BCUT2D eigenvalue weighted by atomic mass is 9.82. The van der Waals surface area contributed by atoms with Crippen molar-refractivity contribution in [1.29, 1.82) is 0 Å². The van der Waals surface area contributed by atoms with Crippen LogP contribution in [0.3, 0.4) is 0 Å². The Hall–Kier alpha value is -7.04. The van der Waals surface area contributed by atoms with Crippen LogP contribution >= 0.6 is 0 Å². The molecular weight excluding hydrogens is 669 g/mol. The largest absolute Gasteiger partial charge is 0.309 e. The number of benzene rings is 8. The molecule has 3 aromatic heterocycles. The Kier molecular flexibility index (Phi) is 6.09. The highest BCUT2D eigenvalue weighted by Crippen LogP contribution is 2.52. The van der Waals surface area contributed by atoms with Crippen LogP contribution in [-0.2, 0) is 5.41 Å². The van der Waals surface area contributed by atoms with Crippen LogP contribution in [0.5, 0.6) is 0 Å². The van der Waals surface area contributed by atoms with E-state index >= 15 is 0 Å². The molecule has 0 fully saturated rings. The van der Waals surface area contributed by atoms with Gasteiger partial charge in [-0.3, -0.25) is 4.57 Å². The molecule has 0 amide bonds. The molecule has 0 bridgehead atoms. The first kappa shape index (κ1) is 30.4. The second kappa shape index (κ2) is 11.0. The normalized spacial score (nSPS) is 13.4. The van der Waals surface area contributed by atoms with Gasteiger partial charge in [0.25, 0.3) is 0 Å². The first-order valence-corrected chi connectivity index (χ1v) is 19.0. The summed E-state index contributed by atoms with van der Waals surface area (Å²) in [5.41, 5.74) is 12.8. The maximum absolute atomic E-state index is 5.50. The molecule has 4 nitrogen and oxygen atoms in total. The Morgan fingerprint density at radius 3 is 1.80 bits per heavy atom. The fourth-order valence-corrected chi connectivity index (χ4v) is 9.59. The van der Waals surface area contributed by atoms with Crippen LogP contribution in [0.4, 0.5) is 0 Å². The monoisotopic (exact) mass is 702 g/mol. The summed E-state index contributed by atoms with van der Waals surface area (Å²) in [6.45, 7) is 4.72. The molecule has 1 aliphatic rings. The summed E-state index contributed by atoms with van der Waals surface area (Å²) < 4.78 is 4.89. The highest BCUT2D eigenvalue weighted by Gasteiger charge is 2.36. The average molecular weight is 703 g/mol. The minimum Gasteiger partial charge on any atom is -0.309 e. The van der Waals surface area contributed by atoms with Crippen LogP contribution in [0, 0.1) is 0 Å². The van der Waals surface area contributed by atoms with Crippen molar-refractivity contribution in [2.75, 3.05) is 0 Å². The van der Waals surface area contributed by atoms with Gasteiger partial charge in [0.2, 0.25) is 0 Å². The van der Waals surface area contributed by atoms with Gasteiger partial charge in [0.15, 0.2) is 5.82 Å². The molecule has 0 saturated carbocycles. The zero-order valence-corrected chi connectivity index (χ0v) is 30.5. The van der Waals surface area contributed by atoms with Crippen LogP contribution in [0.25, 0.3) is 99.3 Å². The van der Waals surface area contributed by atoms with Crippen LogP contribution in [0.1, 0.15) is 25.0 Å². The smallest absolute Gasteiger partial charge is 0.162 e. The van der Waals surface area contributed by atoms with Gasteiger partial charge < -0.3 is 4.57 Å². The number of hydrogen-bond donors (Lipinski definition) is 0. The molecule has 1 aliphatic carbocycles. The predicted molar refractivity (Wildman–Crippen MR) is 229 cm³/mol. The van der Waals surface area contributed by atoms with Gasteiger partial charge >= 0.3 is 0 Å². The third-order valence-electron chi connectivity index (χ3n) is 12.1. The van der Waals surface area contributed by atoms with E-state index in [4.69, 9.17) is 9.97 Å². The Balaban J connectivity index is 1.30. The highest BCUT2D eigenvalue weighted by molar-refractivity contribution is 6.25. The summed E-state index contributed by atoms with van der Waals surface area (Å²) in [5, 5.41) is 8.37. The molecular formula is C51H34N4. The molecule has 0 unspecified atom stereocenters. The lowest BCUT2D eigenvalue weighted by Gasteiger charge is -2.21. The number of hydrogen-bond acceptors (Lipinski definition) is 2. The van der Waals surface area contributed by atoms with E-state index in [9.17, 15) is 0 Å². The quantitative estimate of drug-likeness (QED) is 0.184. The molecule has 3 heterocycles. The van der Waals surface area contributed by atoms with Gasteiger partial charge in [-0.05, 0) is 70.1 Å². The molecule has 55 heavy (non-hydrogen) atoms. The summed E-state index contributed by atoms with van der Waals surface area (Å²) in [4.78, 5) is 10.6. The third kappa shape index (κ3) is 4.11. The second-order valence-electron chi connectivity index (χ2n) is 15.4. The van der Waals surface area contributed by atoms with E-state index in [0.29, 0.717) is 5.82 Å². The van der Waals surface area contributed by atoms with Crippen LogP contribution < -0.4 is 0 Å². The number of rotatable bonds is 3. The van der Waals surface area contributed by atoms with E-state index in [1.165, 1.54) is 65.6 Å². The summed E-state index contributed by atoms with van der Waals surface area (Å²) in [7, 11) is 0. The van der Waals surface area contributed by atoms with Gasteiger partial charge in [0.1, 0.15) is 5.82 Å². The van der Waals surface area contributed by atoms with Crippen molar-refractivity contribution in [3.05, 3.63) is 181 Å². The molecule has 0 atom stereocenters. The van der Waals surface area contributed by atoms with Crippen LogP contribution in [-0.4, -0.2) is 19.1 Å². The van der Waals surface area contributed by atoms with Crippen LogP contribution in [0.2, 0.25) is 0 Å².